The summed E-state index contributed by atoms with van der Waals surface area (Å²) in [6.07, 6.45) is 16.4. The fourth-order valence-corrected chi connectivity index (χ4v) is 6.64. The van der Waals surface area contributed by atoms with Crippen LogP contribution in [0.5, 0.6) is 0 Å². The maximum absolute atomic E-state index is 15.1. The first-order valence-corrected chi connectivity index (χ1v) is 13.7. The van der Waals surface area contributed by atoms with E-state index in [9.17, 15) is 0 Å². The zero-order chi connectivity index (χ0) is 23.2. The van der Waals surface area contributed by atoms with Crippen molar-refractivity contribution in [3.8, 4) is 11.1 Å². The highest BCUT2D eigenvalue weighted by molar-refractivity contribution is 5.65. The highest BCUT2D eigenvalue weighted by Gasteiger charge is 2.36. The lowest BCUT2D eigenvalue weighted by molar-refractivity contribution is 0.113. The van der Waals surface area contributed by atoms with Gasteiger partial charge in [-0.25, -0.2) is 8.78 Å². The fourth-order valence-electron chi connectivity index (χ4n) is 6.64. The number of fused-ring (bicyclic) bond motifs is 1. The lowest BCUT2D eigenvalue weighted by Crippen LogP contribution is -2.30. The van der Waals surface area contributed by atoms with Crippen molar-refractivity contribution in [3.63, 3.8) is 0 Å². The van der Waals surface area contributed by atoms with Crippen molar-refractivity contribution in [2.24, 2.45) is 17.8 Å². The van der Waals surface area contributed by atoms with E-state index in [-0.39, 0.29) is 5.56 Å². The topological polar surface area (TPSA) is 0 Å². The van der Waals surface area contributed by atoms with Crippen LogP contribution >= 0.6 is 0 Å². The molecule has 33 heavy (non-hydrogen) atoms. The van der Waals surface area contributed by atoms with Crippen LogP contribution in [0.4, 0.5) is 8.78 Å². The van der Waals surface area contributed by atoms with Crippen molar-refractivity contribution in [3.05, 3.63) is 59.2 Å². The lowest BCUT2D eigenvalue weighted by Gasteiger charge is -2.42. The van der Waals surface area contributed by atoms with Gasteiger partial charge < -0.3 is 0 Å². The number of hydrogen-bond acceptors (Lipinski definition) is 0. The molecule has 0 nitrogen and oxygen atoms in total. The van der Waals surface area contributed by atoms with Gasteiger partial charge in [-0.3, -0.25) is 0 Å². The molecule has 2 fully saturated rings. The number of hydrogen-bond donors (Lipinski definition) is 0. The first kappa shape index (κ1) is 24.4. The normalized spacial score (nSPS) is 25.1. The third-order valence-corrected chi connectivity index (χ3v) is 8.50. The molecular weight excluding hydrogens is 410 g/mol. The molecule has 0 radical (unpaired) electrons. The Bertz CT molecular complexity index is 861. The molecule has 0 aliphatic heterocycles. The van der Waals surface area contributed by atoms with Crippen molar-refractivity contribution in [2.45, 2.75) is 103 Å². The quantitative estimate of drug-likeness (QED) is 0.332. The lowest BCUT2D eigenvalue weighted by atomic mass is 9.63. The van der Waals surface area contributed by atoms with E-state index in [4.69, 9.17) is 0 Å². The summed E-state index contributed by atoms with van der Waals surface area (Å²) in [4.78, 5) is 0. The molecule has 180 valence electrons. The van der Waals surface area contributed by atoms with Gasteiger partial charge in [0.25, 0.3) is 0 Å². The van der Waals surface area contributed by atoms with Crippen molar-refractivity contribution in [1.82, 2.24) is 0 Å². The van der Waals surface area contributed by atoms with Gasteiger partial charge in [-0.05, 0) is 91.0 Å². The summed E-state index contributed by atoms with van der Waals surface area (Å²) in [5.74, 6) is 1.97. The summed E-state index contributed by atoms with van der Waals surface area (Å²) in [7, 11) is 0. The highest BCUT2D eigenvalue weighted by atomic mass is 19.1. The van der Waals surface area contributed by atoms with Crippen LogP contribution in [-0.2, 0) is 6.42 Å². The molecule has 2 aromatic carbocycles. The van der Waals surface area contributed by atoms with Crippen LogP contribution < -0.4 is 0 Å². The van der Waals surface area contributed by atoms with E-state index in [0.29, 0.717) is 11.5 Å². The molecule has 2 aromatic rings. The molecule has 0 amide bonds. The van der Waals surface area contributed by atoms with E-state index in [1.165, 1.54) is 63.4 Å². The second-order valence-corrected chi connectivity index (χ2v) is 10.9. The van der Waals surface area contributed by atoms with Gasteiger partial charge in [0.05, 0.1) is 5.56 Å². The monoisotopic (exact) mass is 452 g/mol. The van der Waals surface area contributed by atoms with Crippen LogP contribution in [-0.4, -0.2) is 0 Å². The van der Waals surface area contributed by atoms with Crippen LogP contribution in [0.25, 0.3) is 11.1 Å². The van der Waals surface area contributed by atoms with Gasteiger partial charge in [-0.15, -0.1) is 0 Å². The predicted molar refractivity (Wildman–Crippen MR) is 135 cm³/mol. The zero-order valence-electron chi connectivity index (χ0n) is 20.7. The Labute approximate surface area is 200 Å². The first-order chi connectivity index (χ1) is 16.1. The van der Waals surface area contributed by atoms with E-state index >= 15 is 8.78 Å². The van der Waals surface area contributed by atoms with E-state index in [0.717, 1.165) is 49.0 Å². The SMILES string of the molecule is CCCCCCC1CC[C@@H]2C[C@H](c3cc(F)c(-c4ccc(CCC)cc4)c(F)c3)CC[C@@H]2C1. The Hall–Kier alpha value is -1.70. The highest BCUT2D eigenvalue weighted by Crippen LogP contribution is 2.49. The largest absolute Gasteiger partial charge is 0.206 e. The average Bonchev–Trinajstić information content (AvgIpc) is 2.82. The molecule has 4 rings (SSSR count). The molecule has 0 aromatic heterocycles. The van der Waals surface area contributed by atoms with Crippen molar-refractivity contribution >= 4 is 0 Å². The van der Waals surface area contributed by atoms with Crippen LogP contribution in [0.15, 0.2) is 36.4 Å². The minimum atomic E-state index is -0.411. The van der Waals surface area contributed by atoms with Gasteiger partial charge in [-0.1, -0.05) is 83.1 Å². The van der Waals surface area contributed by atoms with Crippen LogP contribution in [0.1, 0.15) is 108 Å². The van der Waals surface area contributed by atoms with Gasteiger partial charge in [0.2, 0.25) is 0 Å². The van der Waals surface area contributed by atoms with Crippen LogP contribution in [0.3, 0.4) is 0 Å². The summed E-state index contributed by atoms with van der Waals surface area (Å²) in [5.41, 5.74) is 2.85. The smallest absolute Gasteiger partial charge is 0.134 e. The van der Waals surface area contributed by atoms with E-state index in [1.807, 2.05) is 24.3 Å². The van der Waals surface area contributed by atoms with Gasteiger partial charge in [-0.2, -0.15) is 0 Å². The third-order valence-electron chi connectivity index (χ3n) is 8.50. The molecule has 0 spiro atoms. The van der Waals surface area contributed by atoms with E-state index in [2.05, 4.69) is 13.8 Å². The molecule has 2 aliphatic carbocycles. The van der Waals surface area contributed by atoms with E-state index in [1.54, 1.807) is 12.1 Å². The molecule has 0 N–H and O–H groups in total. The average molecular weight is 453 g/mol. The van der Waals surface area contributed by atoms with Crippen molar-refractivity contribution < 1.29 is 8.78 Å². The Morgan fingerprint density at radius 3 is 2.15 bits per heavy atom. The number of halogens is 2. The Kier molecular flexibility index (Phi) is 8.61. The molecule has 0 bridgehead atoms. The van der Waals surface area contributed by atoms with Crippen molar-refractivity contribution in [2.75, 3.05) is 0 Å². The number of rotatable bonds is 9. The summed E-state index contributed by atoms with van der Waals surface area (Å²) >= 11 is 0. The summed E-state index contributed by atoms with van der Waals surface area (Å²) in [6.45, 7) is 4.42. The first-order valence-electron chi connectivity index (χ1n) is 13.7. The summed E-state index contributed by atoms with van der Waals surface area (Å²) < 4.78 is 30.2. The Morgan fingerprint density at radius 1 is 0.758 bits per heavy atom. The third kappa shape index (κ3) is 6.06. The second-order valence-electron chi connectivity index (χ2n) is 10.9. The number of benzene rings is 2. The van der Waals surface area contributed by atoms with E-state index < -0.39 is 11.6 Å². The molecule has 2 aliphatic rings. The molecule has 2 saturated carbocycles. The molecule has 4 atom stereocenters. The predicted octanol–water partition coefficient (Wildman–Crippen LogP) is 9.85. The Balaban J connectivity index is 1.39. The summed E-state index contributed by atoms with van der Waals surface area (Å²) in [5, 5.41) is 0. The van der Waals surface area contributed by atoms with Gasteiger partial charge in [0, 0.05) is 0 Å². The fraction of sp³-hybridized carbons (Fsp3) is 0.613. The molecule has 0 heterocycles. The minimum absolute atomic E-state index is 0.124. The zero-order valence-corrected chi connectivity index (χ0v) is 20.7. The van der Waals surface area contributed by atoms with Crippen molar-refractivity contribution in [1.29, 1.82) is 0 Å². The standard InChI is InChI=1S/C31H42F2/c1-3-5-6-7-9-23-12-15-26-19-27(17-16-25(26)18-23)28-20-29(32)31(30(33)21-28)24-13-10-22(8-4-2)11-14-24/h10-11,13-14,20-21,23,25-27H,3-9,12,15-19H2,1-2H3/t23?,25-,26-,27-/m1/s1. The van der Waals surface area contributed by atoms with Crippen LogP contribution in [0, 0.1) is 29.4 Å². The summed E-state index contributed by atoms with van der Waals surface area (Å²) in [6, 6.07) is 11.0. The Morgan fingerprint density at radius 2 is 1.45 bits per heavy atom. The maximum atomic E-state index is 15.1. The number of unbranched alkanes of at least 4 members (excludes halogenated alkanes) is 3. The molecule has 2 heteroatoms. The van der Waals surface area contributed by atoms with Gasteiger partial charge in [0.1, 0.15) is 11.6 Å². The maximum Gasteiger partial charge on any atom is 0.134 e. The molecule has 1 unspecified atom stereocenters. The molecule has 0 saturated heterocycles. The number of aryl methyl sites for hydroxylation is 1. The van der Waals surface area contributed by atoms with Crippen LogP contribution in [0.2, 0.25) is 0 Å². The minimum Gasteiger partial charge on any atom is -0.206 e. The molecular formula is C31H42F2. The van der Waals surface area contributed by atoms with Gasteiger partial charge in [0.15, 0.2) is 0 Å². The second kappa shape index (κ2) is 11.6. The van der Waals surface area contributed by atoms with Gasteiger partial charge >= 0.3 is 0 Å².